The molecule has 0 spiro atoms. The van der Waals surface area contributed by atoms with Crippen LogP contribution < -0.4 is 0 Å². The minimum absolute atomic E-state index is 0.350. The molecule has 1 aromatic heterocycles. The van der Waals surface area contributed by atoms with Gasteiger partial charge in [0.25, 0.3) is 0 Å². The summed E-state index contributed by atoms with van der Waals surface area (Å²) in [6.07, 6.45) is 4.93. The molecule has 1 aliphatic carbocycles. The lowest BCUT2D eigenvalue weighted by atomic mass is 9.70. The van der Waals surface area contributed by atoms with Gasteiger partial charge in [0, 0.05) is 13.5 Å². The van der Waals surface area contributed by atoms with E-state index < -0.39 is 5.60 Å². The molecule has 0 radical (unpaired) electrons. The molecule has 1 saturated carbocycles. The van der Waals surface area contributed by atoms with Gasteiger partial charge in [0.2, 0.25) is 11.7 Å². The molecule has 5 heteroatoms. The molecule has 114 valence electrons. The number of ether oxygens (including phenoxy) is 1. The molecule has 1 heterocycles. The van der Waals surface area contributed by atoms with Gasteiger partial charge in [-0.2, -0.15) is 4.98 Å². The van der Waals surface area contributed by atoms with Gasteiger partial charge in [-0.1, -0.05) is 19.0 Å². The van der Waals surface area contributed by atoms with Crippen LogP contribution in [0.5, 0.6) is 0 Å². The largest absolute Gasteiger partial charge is 0.393 e. The molecule has 1 N–H and O–H groups in total. The number of methoxy groups -OCH3 is 1. The topological polar surface area (TPSA) is 68.4 Å². The fraction of sp³-hybridized carbons (Fsp3) is 0.867. The van der Waals surface area contributed by atoms with Gasteiger partial charge in [-0.3, -0.25) is 0 Å². The summed E-state index contributed by atoms with van der Waals surface area (Å²) in [5.74, 6) is 1.25. The lowest BCUT2D eigenvalue weighted by Gasteiger charge is -2.40. The third-order valence-corrected chi connectivity index (χ3v) is 4.45. The second-order valence-corrected chi connectivity index (χ2v) is 6.76. The molecule has 0 saturated heterocycles. The fourth-order valence-electron chi connectivity index (χ4n) is 2.72. The van der Waals surface area contributed by atoms with Crippen molar-refractivity contribution in [2.45, 2.75) is 71.0 Å². The van der Waals surface area contributed by atoms with Crippen molar-refractivity contribution in [3.05, 3.63) is 11.7 Å². The number of rotatable bonds is 5. The van der Waals surface area contributed by atoms with Crippen molar-refractivity contribution in [2.75, 3.05) is 7.11 Å². The van der Waals surface area contributed by atoms with Gasteiger partial charge in [0.1, 0.15) is 5.60 Å². The van der Waals surface area contributed by atoms with Gasteiger partial charge in [0.15, 0.2) is 0 Å². The monoisotopic (exact) mass is 282 g/mol. The number of aliphatic hydroxyl groups excluding tert-OH is 1. The highest BCUT2D eigenvalue weighted by atomic mass is 16.5. The summed E-state index contributed by atoms with van der Waals surface area (Å²) in [7, 11) is 1.73. The highest BCUT2D eigenvalue weighted by molar-refractivity contribution is 5.05. The van der Waals surface area contributed by atoms with Crippen LogP contribution in [0.4, 0.5) is 0 Å². The van der Waals surface area contributed by atoms with Crippen molar-refractivity contribution in [1.82, 2.24) is 10.1 Å². The minimum atomic E-state index is -0.401. The van der Waals surface area contributed by atoms with Gasteiger partial charge < -0.3 is 14.4 Å². The summed E-state index contributed by atoms with van der Waals surface area (Å²) in [4.78, 5) is 4.48. The number of hydrogen-bond acceptors (Lipinski definition) is 5. The number of aromatic nitrogens is 2. The van der Waals surface area contributed by atoms with Crippen LogP contribution in [0.25, 0.3) is 0 Å². The standard InChI is InChI=1S/C15H26N2O3/c1-11(18)5-6-12-16-13(17-20-12)15(19-4)9-7-14(2,3)8-10-15/h11,18H,5-10H2,1-4H3. The Morgan fingerprint density at radius 2 is 1.95 bits per heavy atom. The molecule has 1 aliphatic rings. The van der Waals surface area contributed by atoms with Crippen LogP contribution in [0, 0.1) is 5.41 Å². The highest BCUT2D eigenvalue weighted by Crippen LogP contribution is 2.46. The minimum Gasteiger partial charge on any atom is -0.393 e. The Labute approximate surface area is 120 Å². The van der Waals surface area contributed by atoms with Gasteiger partial charge in [-0.15, -0.1) is 0 Å². The van der Waals surface area contributed by atoms with E-state index in [-0.39, 0.29) is 6.10 Å². The zero-order valence-corrected chi connectivity index (χ0v) is 13.0. The summed E-state index contributed by atoms with van der Waals surface area (Å²) in [6, 6.07) is 0. The summed E-state index contributed by atoms with van der Waals surface area (Å²) >= 11 is 0. The Kier molecular flexibility index (Phi) is 4.49. The molecular formula is C15H26N2O3. The third kappa shape index (κ3) is 3.38. The van der Waals surface area contributed by atoms with E-state index in [1.165, 1.54) is 0 Å². The van der Waals surface area contributed by atoms with Crippen molar-refractivity contribution in [2.24, 2.45) is 5.41 Å². The first-order chi connectivity index (χ1) is 9.37. The van der Waals surface area contributed by atoms with E-state index in [4.69, 9.17) is 9.26 Å². The second kappa shape index (κ2) is 5.82. The van der Waals surface area contributed by atoms with Crippen LogP contribution in [0.1, 0.15) is 64.6 Å². The SMILES string of the molecule is COC1(c2noc(CCC(C)O)n2)CCC(C)(C)CC1. The maximum Gasteiger partial charge on any atom is 0.226 e. The van der Waals surface area contributed by atoms with Crippen molar-refractivity contribution >= 4 is 0 Å². The first-order valence-corrected chi connectivity index (χ1v) is 7.43. The molecule has 0 bridgehead atoms. The van der Waals surface area contributed by atoms with E-state index in [1.807, 2.05) is 0 Å². The summed E-state index contributed by atoms with van der Waals surface area (Å²) in [6.45, 7) is 6.34. The molecular weight excluding hydrogens is 256 g/mol. The Balaban J connectivity index is 2.08. The molecule has 1 unspecified atom stereocenters. The lowest BCUT2D eigenvalue weighted by Crippen LogP contribution is -2.37. The van der Waals surface area contributed by atoms with Gasteiger partial charge in [0.05, 0.1) is 6.10 Å². The van der Waals surface area contributed by atoms with Crippen molar-refractivity contribution in [1.29, 1.82) is 0 Å². The molecule has 1 atom stereocenters. The quantitative estimate of drug-likeness (QED) is 0.899. The summed E-state index contributed by atoms with van der Waals surface area (Å²) in [5.41, 5.74) is -0.0387. The maximum atomic E-state index is 9.31. The van der Waals surface area contributed by atoms with E-state index in [0.29, 0.717) is 30.0 Å². The average Bonchev–Trinajstić information content (AvgIpc) is 2.86. The Hall–Kier alpha value is -0.940. The van der Waals surface area contributed by atoms with Gasteiger partial charge >= 0.3 is 0 Å². The van der Waals surface area contributed by atoms with E-state index in [9.17, 15) is 5.11 Å². The third-order valence-electron chi connectivity index (χ3n) is 4.45. The molecule has 5 nitrogen and oxygen atoms in total. The number of nitrogens with zero attached hydrogens (tertiary/aromatic N) is 2. The van der Waals surface area contributed by atoms with Crippen LogP contribution in [-0.2, 0) is 16.8 Å². The molecule has 1 aromatic rings. The predicted octanol–water partition coefficient (Wildman–Crippen LogP) is 2.82. The molecule has 2 rings (SSSR count). The molecule has 0 aliphatic heterocycles. The number of aliphatic hydroxyl groups is 1. The van der Waals surface area contributed by atoms with E-state index in [2.05, 4.69) is 24.0 Å². The van der Waals surface area contributed by atoms with Gasteiger partial charge in [-0.05, 0) is 44.4 Å². The van der Waals surface area contributed by atoms with E-state index >= 15 is 0 Å². The first-order valence-electron chi connectivity index (χ1n) is 7.43. The van der Waals surface area contributed by atoms with Crippen LogP contribution in [0.15, 0.2) is 4.52 Å². The smallest absolute Gasteiger partial charge is 0.226 e. The second-order valence-electron chi connectivity index (χ2n) is 6.76. The normalized spacial score (nSPS) is 22.6. The molecule has 20 heavy (non-hydrogen) atoms. The van der Waals surface area contributed by atoms with E-state index in [1.54, 1.807) is 14.0 Å². The van der Waals surface area contributed by atoms with Crippen LogP contribution in [0.2, 0.25) is 0 Å². The maximum absolute atomic E-state index is 9.31. The zero-order valence-electron chi connectivity index (χ0n) is 13.0. The van der Waals surface area contributed by atoms with Crippen molar-refractivity contribution < 1.29 is 14.4 Å². The predicted molar refractivity (Wildman–Crippen MR) is 75.2 cm³/mol. The molecule has 1 fully saturated rings. The van der Waals surface area contributed by atoms with E-state index in [0.717, 1.165) is 25.7 Å². The zero-order chi connectivity index (χ0) is 14.8. The van der Waals surface area contributed by atoms with Crippen LogP contribution in [0.3, 0.4) is 0 Å². The summed E-state index contributed by atoms with van der Waals surface area (Å²) < 4.78 is 11.1. The van der Waals surface area contributed by atoms with Crippen molar-refractivity contribution in [3.8, 4) is 0 Å². The Bertz CT molecular complexity index is 430. The summed E-state index contributed by atoms with van der Waals surface area (Å²) in [5, 5.41) is 13.4. The number of aryl methyl sites for hydroxylation is 1. The number of hydrogen-bond donors (Lipinski definition) is 1. The average molecular weight is 282 g/mol. The Morgan fingerprint density at radius 1 is 1.30 bits per heavy atom. The highest BCUT2D eigenvalue weighted by Gasteiger charge is 2.43. The van der Waals surface area contributed by atoms with Crippen molar-refractivity contribution in [3.63, 3.8) is 0 Å². The van der Waals surface area contributed by atoms with Crippen LogP contribution in [-0.4, -0.2) is 28.5 Å². The Morgan fingerprint density at radius 3 is 2.50 bits per heavy atom. The molecule has 0 aromatic carbocycles. The fourth-order valence-corrected chi connectivity index (χ4v) is 2.72. The first kappa shape index (κ1) is 15.4. The lowest BCUT2D eigenvalue weighted by molar-refractivity contribution is -0.0740. The van der Waals surface area contributed by atoms with Crippen LogP contribution >= 0.6 is 0 Å². The molecule has 0 amide bonds. The van der Waals surface area contributed by atoms with Gasteiger partial charge in [-0.25, -0.2) is 0 Å².